The molecule has 0 bridgehead atoms. The average molecular weight is 424 g/mol. The van der Waals surface area contributed by atoms with Crippen molar-refractivity contribution in [3.8, 4) is 0 Å². The molecule has 1 aliphatic heterocycles. The van der Waals surface area contributed by atoms with Gasteiger partial charge in [-0.25, -0.2) is 4.79 Å². The van der Waals surface area contributed by atoms with Crippen LogP contribution in [0.15, 0.2) is 54.7 Å². The molecule has 7 heteroatoms. The zero-order valence-corrected chi connectivity index (χ0v) is 18.4. The summed E-state index contributed by atoms with van der Waals surface area (Å²) in [5.41, 5.74) is 3.96. The standard InChI is InChI=1S/C23H29N5OS/c1-26(2)11-12-28-10-9-18-17-20(5-8-22(18)28)25-23(29)24-19-3-6-21(7-4-19)27-13-15-30-16-14-27/h3-10,17H,11-16H2,1-2H3,(H2,24,25,29). The lowest BCUT2D eigenvalue weighted by Gasteiger charge is -2.28. The number of rotatable bonds is 6. The molecule has 6 nitrogen and oxygen atoms in total. The molecule has 0 atom stereocenters. The summed E-state index contributed by atoms with van der Waals surface area (Å²) >= 11 is 2.00. The molecule has 0 radical (unpaired) electrons. The third-order valence-electron chi connectivity index (χ3n) is 5.32. The highest BCUT2D eigenvalue weighted by atomic mass is 32.2. The minimum absolute atomic E-state index is 0.233. The van der Waals surface area contributed by atoms with Crippen LogP contribution < -0.4 is 15.5 Å². The number of likely N-dealkylation sites (N-methyl/N-ethyl adjacent to an activating group) is 1. The fraction of sp³-hybridized carbons (Fsp3) is 0.348. The van der Waals surface area contributed by atoms with Crippen molar-refractivity contribution in [2.45, 2.75) is 6.54 Å². The molecule has 2 N–H and O–H groups in total. The molecule has 2 heterocycles. The van der Waals surface area contributed by atoms with Crippen molar-refractivity contribution in [3.05, 3.63) is 54.7 Å². The van der Waals surface area contributed by atoms with E-state index in [1.54, 1.807) is 0 Å². The van der Waals surface area contributed by atoms with E-state index in [2.05, 4.69) is 69.6 Å². The second-order valence-electron chi connectivity index (χ2n) is 7.81. The first-order valence-corrected chi connectivity index (χ1v) is 11.5. The number of hydrogen-bond donors (Lipinski definition) is 2. The van der Waals surface area contributed by atoms with Crippen LogP contribution in [0.2, 0.25) is 0 Å². The quantitative estimate of drug-likeness (QED) is 0.617. The van der Waals surface area contributed by atoms with Crippen molar-refractivity contribution < 1.29 is 4.79 Å². The fourth-order valence-corrected chi connectivity index (χ4v) is 4.55. The van der Waals surface area contributed by atoms with E-state index < -0.39 is 0 Å². The van der Waals surface area contributed by atoms with Gasteiger partial charge in [-0.1, -0.05) is 0 Å². The van der Waals surface area contributed by atoms with E-state index in [-0.39, 0.29) is 6.03 Å². The van der Waals surface area contributed by atoms with Gasteiger partial charge >= 0.3 is 6.03 Å². The Balaban J connectivity index is 1.36. The number of carbonyl (C=O) groups excluding carboxylic acids is 1. The lowest BCUT2D eigenvalue weighted by molar-refractivity contribution is 0.262. The summed E-state index contributed by atoms with van der Waals surface area (Å²) in [5.74, 6) is 2.34. The van der Waals surface area contributed by atoms with Crippen LogP contribution in [0, 0.1) is 0 Å². The Labute approximate surface area is 182 Å². The van der Waals surface area contributed by atoms with Crippen molar-refractivity contribution in [2.75, 3.05) is 60.8 Å². The van der Waals surface area contributed by atoms with Crippen LogP contribution in [0.25, 0.3) is 10.9 Å². The van der Waals surface area contributed by atoms with Gasteiger partial charge in [0.05, 0.1) is 0 Å². The molecule has 2 aromatic carbocycles. The van der Waals surface area contributed by atoms with Crippen molar-refractivity contribution in [2.24, 2.45) is 0 Å². The van der Waals surface area contributed by atoms with Crippen molar-refractivity contribution in [3.63, 3.8) is 0 Å². The monoisotopic (exact) mass is 423 g/mol. The number of urea groups is 1. The summed E-state index contributed by atoms with van der Waals surface area (Å²) in [5, 5.41) is 6.98. The third-order valence-corrected chi connectivity index (χ3v) is 6.26. The number of anilines is 3. The van der Waals surface area contributed by atoms with Gasteiger partial charge in [-0.2, -0.15) is 11.8 Å². The molecule has 30 heavy (non-hydrogen) atoms. The Morgan fingerprint density at radius 1 is 1.00 bits per heavy atom. The second-order valence-corrected chi connectivity index (χ2v) is 9.04. The minimum atomic E-state index is -0.233. The van der Waals surface area contributed by atoms with Gasteiger partial charge in [0.1, 0.15) is 0 Å². The molecule has 0 spiro atoms. The first kappa shape index (κ1) is 20.6. The maximum Gasteiger partial charge on any atom is 0.323 e. The van der Waals surface area contributed by atoms with E-state index in [0.29, 0.717) is 0 Å². The summed E-state index contributed by atoms with van der Waals surface area (Å²) in [6, 6.07) is 16.0. The molecular formula is C23H29N5OS. The molecule has 2 amide bonds. The molecule has 1 saturated heterocycles. The molecule has 0 saturated carbocycles. The molecule has 0 unspecified atom stereocenters. The SMILES string of the molecule is CN(C)CCn1ccc2cc(NC(=O)Nc3ccc(N4CCSCC4)cc3)ccc21. The van der Waals surface area contributed by atoms with Crippen LogP contribution in [0.4, 0.5) is 21.9 Å². The lowest BCUT2D eigenvalue weighted by atomic mass is 10.2. The predicted octanol–water partition coefficient (Wildman–Crippen LogP) is 4.40. The maximum atomic E-state index is 12.4. The fourth-order valence-electron chi connectivity index (χ4n) is 3.65. The summed E-state index contributed by atoms with van der Waals surface area (Å²) in [6.45, 7) is 4.09. The van der Waals surface area contributed by atoms with Gasteiger partial charge in [-0.05, 0) is 62.6 Å². The normalized spacial score (nSPS) is 14.3. The van der Waals surface area contributed by atoms with Crippen molar-refractivity contribution >= 4 is 45.8 Å². The molecule has 4 rings (SSSR count). The first-order chi connectivity index (χ1) is 14.6. The van der Waals surface area contributed by atoms with Crippen LogP contribution >= 0.6 is 11.8 Å². The number of nitrogens with zero attached hydrogens (tertiary/aromatic N) is 3. The van der Waals surface area contributed by atoms with Gasteiger partial charge < -0.3 is 25.0 Å². The number of benzene rings is 2. The highest BCUT2D eigenvalue weighted by Gasteiger charge is 2.11. The molecule has 3 aromatic rings. The predicted molar refractivity (Wildman–Crippen MR) is 129 cm³/mol. The van der Waals surface area contributed by atoms with E-state index in [1.165, 1.54) is 22.7 Å². The highest BCUT2D eigenvalue weighted by molar-refractivity contribution is 7.99. The average Bonchev–Trinajstić information content (AvgIpc) is 3.15. The summed E-state index contributed by atoms with van der Waals surface area (Å²) < 4.78 is 2.24. The van der Waals surface area contributed by atoms with Crippen LogP contribution in [0.3, 0.4) is 0 Å². The van der Waals surface area contributed by atoms with Crippen LogP contribution in [0.1, 0.15) is 0 Å². The highest BCUT2D eigenvalue weighted by Crippen LogP contribution is 2.23. The van der Waals surface area contributed by atoms with E-state index in [9.17, 15) is 4.79 Å². The van der Waals surface area contributed by atoms with Gasteiger partial charge in [-0.15, -0.1) is 0 Å². The zero-order valence-electron chi connectivity index (χ0n) is 17.6. The Kier molecular flexibility index (Phi) is 6.50. The molecule has 1 aliphatic rings. The van der Waals surface area contributed by atoms with E-state index in [4.69, 9.17) is 0 Å². The lowest BCUT2D eigenvalue weighted by Crippen LogP contribution is -2.32. The minimum Gasteiger partial charge on any atom is -0.370 e. The smallest absolute Gasteiger partial charge is 0.323 e. The Bertz CT molecular complexity index is 993. The molecular weight excluding hydrogens is 394 g/mol. The maximum absolute atomic E-state index is 12.4. The van der Waals surface area contributed by atoms with Crippen molar-refractivity contribution in [1.29, 1.82) is 0 Å². The number of amides is 2. The number of hydrogen-bond acceptors (Lipinski definition) is 4. The summed E-state index contributed by atoms with van der Waals surface area (Å²) in [6.07, 6.45) is 2.10. The topological polar surface area (TPSA) is 52.5 Å². The number of nitrogens with one attached hydrogen (secondary N) is 2. The molecule has 1 aromatic heterocycles. The van der Waals surface area contributed by atoms with Crippen molar-refractivity contribution in [1.82, 2.24) is 9.47 Å². The molecule has 0 aliphatic carbocycles. The van der Waals surface area contributed by atoms with Crippen LogP contribution in [0.5, 0.6) is 0 Å². The van der Waals surface area contributed by atoms with Gasteiger partial charge in [0.25, 0.3) is 0 Å². The largest absolute Gasteiger partial charge is 0.370 e. The van der Waals surface area contributed by atoms with E-state index >= 15 is 0 Å². The Hall–Kier alpha value is -2.64. The number of thioether (sulfide) groups is 1. The molecule has 1 fully saturated rings. The van der Waals surface area contributed by atoms with E-state index in [0.717, 1.165) is 42.9 Å². The van der Waals surface area contributed by atoms with Crippen LogP contribution in [-0.2, 0) is 6.54 Å². The first-order valence-electron chi connectivity index (χ1n) is 10.3. The van der Waals surface area contributed by atoms with E-state index in [1.807, 2.05) is 36.0 Å². The number of aromatic nitrogens is 1. The Morgan fingerprint density at radius 3 is 2.43 bits per heavy atom. The Morgan fingerprint density at radius 2 is 1.70 bits per heavy atom. The van der Waals surface area contributed by atoms with Gasteiger partial charge in [0.15, 0.2) is 0 Å². The van der Waals surface area contributed by atoms with Gasteiger partial charge in [-0.3, -0.25) is 0 Å². The summed E-state index contributed by atoms with van der Waals surface area (Å²) in [7, 11) is 4.15. The van der Waals surface area contributed by atoms with Gasteiger partial charge in [0.2, 0.25) is 0 Å². The number of fused-ring (bicyclic) bond motifs is 1. The second kappa shape index (κ2) is 9.45. The number of carbonyl (C=O) groups is 1. The summed E-state index contributed by atoms with van der Waals surface area (Å²) in [4.78, 5) is 17.0. The van der Waals surface area contributed by atoms with Crippen LogP contribution in [-0.4, -0.2) is 60.7 Å². The van der Waals surface area contributed by atoms with Gasteiger partial charge in [0, 0.05) is 71.8 Å². The molecule has 158 valence electrons. The third kappa shape index (κ3) is 5.09. The zero-order chi connectivity index (χ0) is 20.9.